The number of benzene rings is 2. The first-order chi connectivity index (χ1) is 9.49. The van der Waals surface area contributed by atoms with Crippen molar-refractivity contribution >= 4 is 23.2 Å². The molecule has 1 atom stereocenters. The molecule has 0 saturated heterocycles. The second-order valence-corrected chi connectivity index (χ2v) is 5.02. The molecule has 2 aromatic carbocycles. The summed E-state index contributed by atoms with van der Waals surface area (Å²) < 4.78 is 0. The van der Waals surface area contributed by atoms with Crippen molar-refractivity contribution in [1.29, 1.82) is 0 Å². The lowest BCUT2D eigenvalue weighted by atomic mass is 10.1. The molecule has 0 aliphatic carbocycles. The van der Waals surface area contributed by atoms with Crippen LogP contribution < -0.4 is 5.32 Å². The number of phenolic OH excluding ortho intramolecular Hbond substituents is 2. The summed E-state index contributed by atoms with van der Waals surface area (Å²) in [5.74, 6) is -0.988. The monoisotopic (exact) mass is 291 g/mol. The van der Waals surface area contributed by atoms with E-state index in [4.69, 9.17) is 11.6 Å². The minimum atomic E-state index is -0.384. The van der Waals surface area contributed by atoms with Gasteiger partial charge in [-0.3, -0.25) is 4.79 Å². The highest BCUT2D eigenvalue weighted by Crippen LogP contribution is 2.28. The lowest BCUT2D eigenvalue weighted by Crippen LogP contribution is -2.13. The van der Waals surface area contributed by atoms with Gasteiger partial charge in [-0.15, -0.1) is 11.6 Å². The van der Waals surface area contributed by atoms with E-state index in [1.807, 2.05) is 19.1 Å². The molecule has 0 fully saturated rings. The van der Waals surface area contributed by atoms with Crippen LogP contribution in [0.5, 0.6) is 11.5 Å². The SMILES string of the molecule is CC(Cl)c1ccccc1NC(=O)c1ccc(O)c(O)c1. The Hall–Kier alpha value is -2.20. The summed E-state index contributed by atoms with van der Waals surface area (Å²) in [4.78, 5) is 12.1. The van der Waals surface area contributed by atoms with Crippen LogP contribution in [0.1, 0.15) is 28.2 Å². The molecule has 20 heavy (non-hydrogen) atoms. The molecule has 0 aliphatic rings. The predicted octanol–water partition coefficient (Wildman–Crippen LogP) is 3.65. The predicted molar refractivity (Wildman–Crippen MR) is 78.4 cm³/mol. The summed E-state index contributed by atoms with van der Waals surface area (Å²) in [7, 11) is 0. The average Bonchev–Trinajstić information content (AvgIpc) is 2.42. The number of alkyl halides is 1. The molecule has 3 N–H and O–H groups in total. The van der Waals surface area contributed by atoms with E-state index in [9.17, 15) is 15.0 Å². The number of carbonyl (C=O) groups excluding carboxylic acids is 1. The van der Waals surface area contributed by atoms with E-state index in [-0.39, 0.29) is 28.3 Å². The van der Waals surface area contributed by atoms with Crippen LogP contribution in [0, 0.1) is 0 Å². The van der Waals surface area contributed by atoms with Crippen molar-refractivity contribution in [2.75, 3.05) is 5.32 Å². The van der Waals surface area contributed by atoms with Crippen molar-refractivity contribution in [1.82, 2.24) is 0 Å². The van der Waals surface area contributed by atoms with Crippen LogP contribution in [0.25, 0.3) is 0 Å². The molecule has 2 aromatic rings. The van der Waals surface area contributed by atoms with Crippen molar-refractivity contribution in [3.63, 3.8) is 0 Å². The largest absolute Gasteiger partial charge is 0.504 e. The molecular weight excluding hydrogens is 278 g/mol. The van der Waals surface area contributed by atoms with Crippen molar-refractivity contribution in [3.8, 4) is 11.5 Å². The Kier molecular flexibility index (Phi) is 4.15. The maximum atomic E-state index is 12.1. The van der Waals surface area contributed by atoms with Gasteiger partial charge in [0.15, 0.2) is 11.5 Å². The first-order valence-corrected chi connectivity index (χ1v) is 6.49. The quantitative estimate of drug-likeness (QED) is 0.597. The van der Waals surface area contributed by atoms with Gasteiger partial charge in [0.1, 0.15) is 0 Å². The van der Waals surface area contributed by atoms with E-state index in [2.05, 4.69) is 5.32 Å². The number of phenols is 2. The molecule has 1 amide bonds. The Morgan fingerprint density at radius 3 is 2.50 bits per heavy atom. The molecule has 0 aromatic heterocycles. The van der Waals surface area contributed by atoms with Crippen LogP contribution in [0.4, 0.5) is 5.69 Å². The number of rotatable bonds is 3. The minimum Gasteiger partial charge on any atom is -0.504 e. The van der Waals surface area contributed by atoms with Gasteiger partial charge in [-0.2, -0.15) is 0 Å². The first kappa shape index (κ1) is 14.2. The van der Waals surface area contributed by atoms with Gasteiger partial charge >= 0.3 is 0 Å². The molecule has 1 unspecified atom stereocenters. The molecule has 104 valence electrons. The first-order valence-electron chi connectivity index (χ1n) is 6.05. The highest BCUT2D eigenvalue weighted by atomic mass is 35.5. The molecule has 0 aliphatic heterocycles. The van der Waals surface area contributed by atoms with Crippen molar-refractivity contribution in [2.24, 2.45) is 0 Å². The van der Waals surface area contributed by atoms with E-state index in [0.29, 0.717) is 5.69 Å². The van der Waals surface area contributed by atoms with E-state index < -0.39 is 0 Å². The van der Waals surface area contributed by atoms with Crippen LogP contribution in [0.15, 0.2) is 42.5 Å². The van der Waals surface area contributed by atoms with Gasteiger partial charge in [0, 0.05) is 11.3 Å². The summed E-state index contributed by atoms with van der Waals surface area (Å²) in [5.41, 5.74) is 1.68. The molecule has 0 saturated carbocycles. The number of nitrogens with one attached hydrogen (secondary N) is 1. The summed E-state index contributed by atoms with van der Waals surface area (Å²) in [6, 6.07) is 11.1. The highest BCUT2D eigenvalue weighted by Gasteiger charge is 2.13. The fourth-order valence-electron chi connectivity index (χ4n) is 1.82. The van der Waals surface area contributed by atoms with Crippen molar-refractivity contribution < 1.29 is 15.0 Å². The van der Waals surface area contributed by atoms with Gasteiger partial charge in [-0.05, 0) is 36.8 Å². The number of amides is 1. The lowest BCUT2D eigenvalue weighted by molar-refractivity contribution is 0.102. The van der Waals surface area contributed by atoms with Gasteiger partial charge in [0.2, 0.25) is 0 Å². The zero-order valence-corrected chi connectivity index (χ0v) is 11.6. The van der Waals surface area contributed by atoms with Crippen LogP contribution in [0.3, 0.4) is 0 Å². The maximum absolute atomic E-state index is 12.1. The van der Waals surface area contributed by atoms with Crippen LogP contribution in [-0.4, -0.2) is 16.1 Å². The minimum absolute atomic E-state index is 0.236. The fraction of sp³-hybridized carbons (Fsp3) is 0.133. The summed E-state index contributed by atoms with van der Waals surface area (Å²) in [5, 5.41) is 21.1. The molecule has 2 rings (SSSR count). The van der Waals surface area contributed by atoms with Crippen LogP contribution in [-0.2, 0) is 0 Å². The third kappa shape index (κ3) is 3.03. The fourth-order valence-corrected chi connectivity index (χ4v) is 2.01. The van der Waals surface area contributed by atoms with E-state index in [1.165, 1.54) is 18.2 Å². The van der Waals surface area contributed by atoms with Gasteiger partial charge in [0.25, 0.3) is 5.91 Å². The number of hydrogen-bond donors (Lipinski definition) is 3. The molecule has 0 radical (unpaired) electrons. The molecule has 5 heteroatoms. The van der Waals surface area contributed by atoms with Gasteiger partial charge in [0.05, 0.1) is 5.38 Å². The van der Waals surface area contributed by atoms with Crippen LogP contribution >= 0.6 is 11.6 Å². The lowest BCUT2D eigenvalue weighted by Gasteiger charge is -2.12. The standard InChI is InChI=1S/C15H14ClNO3/c1-9(16)11-4-2-3-5-12(11)17-15(20)10-6-7-13(18)14(19)8-10/h2-9,18-19H,1H3,(H,17,20). The Bertz CT molecular complexity index is 641. The Balaban J connectivity index is 2.26. The zero-order chi connectivity index (χ0) is 14.7. The third-order valence-electron chi connectivity index (χ3n) is 2.88. The van der Waals surface area contributed by atoms with Crippen molar-refractivity contribution in [2.45, 2.75) is 12.3 Å². The second-order valence-electron chi connectivity index (χ2n) is 4.36. The van der Waals surface area contributed by atoms with Gasteiger partial charge in [-0.25, -0.2) is 0 Å². The number of hydrogen-bond acceptors (Lipinski definition) is 3. The number of aromatic hydroxyl groups is 2. The van der Waals surface area contributed by atoms with E-state index in [0.717, 1.165) is 5.56 Å². The number of halogens is 1. The maximum Gasteiger partial charge on any atom is 0.255 e. The van der Waals surface area contributed by atoms with Gasteiger partial charge in [-0.1, -0.05) is 18.2 Å². The molecule has 4 nitrogen and oxygen atoms in total. The van der Waals surface area contributed by atoms with Gasteiger partial charge < -0.3 is 15.5 Å². The Labute approximate surface area is 121 Å². The Morgan fingerprint density at radius 1 is 1.15 bits per heavy atom. The summed E-state index contributed by atoms with van der Waals surface area (Å²) >= 11 is 6.06. The topological polar surface area (TPSA) is 69.6 Å². The summed E-state index contributed by atoms with van der Waals surface area (Å²) in [6.07, 6.45) is 0. The third-order valence-corrected chi connectivity index (χ3v) is 3.11. The van der Waals surface area contributed by atoms with E-state index in [1.54, 1.807) is 12.1 Å². The molecule has 0 spiro atoms. The smallest absolute Gasteiger partial charge is 0.255 e. The Morgan fingerprint density at radius 2 is 1.85 bits per heavy atom. The zero-order valence-electron chi connectivity index (χ0n) is 10.8. The molecule has 0 heterocycles. The molecule has 0 bridgehead atoms. The van der Waals surface area contributed by atoms with E-state index >= 15 is 0 Å². The normalized spacial score (nSPS) is 11.9. The average molecular weight is 292 g/mol. The molecular formula is C15H14ClNO3. The number of anilines is 1. The van der Waals surface area contributed by atoms with Crippen LogP contribution in [0.2, 0.25) is 0 Å². The second kappa shape index (κ2) is 5.84. The summed E-state index contributed by atoms with van der Waals surface area (Å²) in [6.45, 7) is 1.82. The number of carbonyl (C=O) groups is 1. The number of para-hydroxylation sites is 1. The van der Waals surface area contributed by atoms with Crippen molar-refractivity contribution in [3.05, 3.63) is 53.6 Å². The highest BCUT2D eigenvalue weighted by molar-refractivity contribution is 6.21.